The van der Waals surface area contributed by atoms with E-state index >= 15 is 0 Å². The van der Waals surface area contributed by atoms with Gasteiger partial charge in [0.25, 0.3) is 5.91 Å². The fourth-order valence-corrected chi connectivity index (χ4v) is 4.25. The predicted molar refractivity (Wildman–Crippen MR) is 125 cm³/mol. The van der Waals surface area contributed by atoms with Crippen molar-refractivity contribution in [2.24, 2.45) is 0 Å². The Morgan fingerprint density at radius 3 is 2.25 bits per heavy atom. The summed E-state index contributed by atoms with van der Waals surface area (Å²) in [7, 11) is 1.58. The molecule has 2 aromatic rings. The number of nitrogens with zero attached hydrogens (tertiary/aromatic N) is 1. The molecule has 2 amide bonds. The number of halogens is 2. The first kappa shape index (κ1) is 24.2. The third-order valence-electron chi connectivity index (χ3n) is 5.68. The molecular formula is C24H28Cl2N2O4. The summed E-state index contributed by atoms with van der Waals surface area (Å²) < 4.78 is 10.8. The molecule has 32 heavy (non-hydrogen) atoms. The van der Waals surface area contributed by atoms with Gasteiger partial charge in [0.05, 0.1) is 7.11 Å². The number of nitrogens with one attached hydrogen (secondary N) is 1. The van der Waals surface area contributed by atoms with Gasteiger partial charge >= 0.3 is 0 Å². The van der Waals surface area contributed by atoms with Crippen molar-refractivity contribution >= 4 is 35.0 Å². The second kappa shape index (κ2) is 11.4. The second-order valence-electron chi connectivity index (χ2n) is 7.85. The van der Waals surface area contributed by atoms with Crippen LogP contribution in [0.4, 0.5) is 0 Å². The summed E-state index contributed by atoms with van der Waals surface area (Å²) in [6.45, 7) is 1.58. The molecule has 3 rings (SSSR count). The largest absolute Gasteiger partial charge is 0.497 e. The van der Waals surface area contributed by atoms with E-state index in [0.29, 0.717) is 27.1 Å². The van der Waals surface area contributed by atoms with Gasteiger partial charge in [0, 0.05) is 28.2 Å². The Balaban J connectivity index is 1.74. The first-order valence-electron chi connectivity index (χ1n) is 10.7. The van der Waals surface area contributed by atoms with Gasteiger partial charge in [0.15, 0.2) is 6.61 Å². The van der Waals surface area contributed by atoms with Crippen LogP contribution in [0.1, 0.15) is 38.2 Å². The average Bonchev–Trinajstić information content (AvgIpc) is 3.30. The minimum absolute atomic E-state index is 0.0998. The lowest BCUT2D eigenvalue weighted by molar-refractivity contribution is -0.142. The molecule has 0 heterocycles. The predicted octanol–water partition coefficient (Wildman–Crippen LogP) is 4.86. The SMILES string of the molecule is COc1ccc(OCC(=O)N(Cc2c(Cl)cccc2Cl)[C@H](C)C(=O)NC2CCCC2)cc1. The molecule has 0 saturated heterocycles. The summed E-state index contributed by atoms with van der Waals surface area (Å²) in [5, 5.41) is 3.94. The molecule has 0 unspecified atom stereocenters. The number of carbonyl (C=O) groups excluding carboxylic acids is 2. The number of rotatable bonds is 9. The molecule has 6 nitrogen and oxygen atoms in total. The summed E-state index contributed by atoms with van der Waals surface area (Å²) in [6.07, 6.45) is 4.13. The van der Waals surface area contributed by atoms with Crippen LogP contribution in [-0.2, 0) is 16.1 Å². The second-order valence-corrected chi connectivity index (χ2v) is 8.67. The summed E-state index contributed by atoms with van der Waals surface area (Å²) in [5.74, 6) is 0.678. The Hall–Kier alpha value is -2.44. The molecule has 0 spiro atoms. The summed E-state index contributed by atoms with van der Waals surface area (Å²) in [6, 6.07) is 11.5. The van der Waals surface area contributed by atoms with Gasteiger partial charge in [0.2, 0.25) is 5.91 Å². The van der Waals surface area contributed by atoms with Gasteiger partial charge in [-0.3, -0.25) is 9.59 Å². The normalized spacial score (nSPS) is 14.6. The van der Waals surface area contributed by atoms with Crippen LogP contribution >= 0.6 is 23.2 Å². The van der Waals surface area contributed by atoms with Crippen LogP contribution in [-0.4, -0.2) is 42.5 Å². The number of benzene rings is 2. The lowest BCUT2D eigenvalue weighted by Crippen LogP contribution is -2.50. The van der Waals surface area contributed by atoms with E-state index in [9.17, 15) is 9.59 Å². The third kappa shape index (κ3) is 6.30. The minimum Gasteiger partial charge on any atom is -0.497 e. The topological polar surface area (TPSA) is 67.9 Å². The quantitative estimate of drug-likeness (QED) is 0.558. The molecule has 1 aliphatic rings. The molecule has 1 saturated carbocycles. The standard InChI is InChI=1S/C24H28Cl2N2O4/c1-16(24(30)27-17-6-3-4-7-17)28(14-20-21(25)8-5-9-22(20)26)23(29)15-32-19-12-10-18(31-2)11-13-19/h5,8-13,16-17H,3-4,6-7,14-15H2,1-2H3,(H,27,30)/t16-/m1/s1. The van der Waals surface area contributed by atoms with E-state index in [4.69, 9.17) is 32.7 Å². The van der Waals surface area contributed by atoms with Crippen molar-refractivity contribution in [2.75, 3.05) is 13.7 Å². The molecule has 0 aromatic heterocycles. The van der Waals surface area contributed by atoms with E-state index in [2.05, 4.69) is 5.32 Å². The molecule has 1 aliphatic carbocycles. The Labute approximate surface area is 198 Å². The van der Waals surface area contributed by atoms with E-state index in [1.54, 1.807) is 56.5 Å². The molecule has 0 radical (unpaired) electrons. The Kier molecular flexibility index (Phi) is 8.65. The van der Waals surface area contributed by atoms with Gasteiger partial charge in [0.1, 0.15) is 17.5 Å². The van der Waals surface area contributed by atoms with Crippen LogP contribution in [0.3, 0.4) is 0 Å². The molecule has 0 bridgehead atoms. The maximum Gasteiger partial charge on any atom is 0.261 e. The van der Waals surface area contributed by atoms with Crippen molar-refractivity contribution in [2.45, 2.75) is 51.2 Å². The van der Waals surface area contributed by atoms with Crippen molar-refractivity contribution in [3.63, 3.8) is 0 Å². The molecule has 0 aliphatic heterocycles. The van der Waals surface area contributed by atoms with E-state index < -0.39 is 6.04 Å². The lowest BCUT2D eigenvalue weighted by Gasteiger charge is -2.30. The zero-order valence-corrected chi connectivity index (χ0v) is 19.8. The number of hydrogen-bond acceptors (Lipinski definition) is 4. The molecule has 172 valence electrons. The van der Waals surface area contributed by atoms with Crippen molar-refractivity contribution in [3.05, 3.63) is 58.1 Å². The highest BCUT2D eigenvalue weighted by molar-refractivity contribution is 6.36. The van der Waals surface area contributed by atoms with Gasteiger partial charge in [-0.2, -0.15) is 0 Å². The highest BCUT2D eigenvalue weighted by Gasteiger charge is 2.29. The fraction of sp³-hybridized carbons (Fsp3) is 0.417. The summed E-state index contributed by atoms with van der Waals surface area (Å²) >= 11 is 12.7. The third-order valence-corrected chi connectivity index (χ3v) is 6.39. The highest BCUT2D eigenvalue weighted by Crippen LogP contribution is 2.27. The van der Waals surface area contributed by atoms with E-state index in [0.717, 1.165) is 25.7 Å². The molecule has 8 heteroatoms. The van der Waals surface area contributed by atoms with Gasteiger partial charge in [-0.05, 0) is 56.2 Å². The zero-order valence-electron chi connectivity index (χ0n) is 18.3. The zero-order chi connectivity index (χ0) is 23.1. The number of ether oxygens (including phenoxy) is 2. The van der Waals surface area contributed by atoms with E-state index in [1.807, 2.05) is 0 Å². The van der Waals surface area contributed by atoms with Crippen molar-refractivity contribution < 1.29 is 19.1 Å². The first-order chi connectivity index (χ1) is 15.4. The van der Waals surface area contributed by atoms with Crippen molar-refractivity contribution in [3.8, 4) is 11.5 Å². The van der Waals surface area contributed by atoms with Crippen LogP contribution < -0.4 is 14.8 Å². The number of amides is 2. The average molecular weight is 479 g/mol. The van der Waals surface area contributed by atoms with Crippen LogP contribution in [0, 0.1) is 0 Å². The minimum atomic E-state index is -0.713. The molecule has 1 fully saturated rings. The molecule has 1 N–H and O–H groups in total. The van der Waals surface area contributed by atoms with Crippen molar-refractivity contribution in [1.82, 2.24) is 10.2 Å². The monoisotopic (exact) mass is 478 g/mol. The van der Waals surface area contributed by atoms with Gasteiger partial charge in [-0.25, -0.2) is 0 Å². The number of methoxy groups -OCH3 is 1. The Bertz CT molecular complexity index is 910. The smallest absolute Gasteiger partial charge is 0.261 e. The van der Waals surface area contributed by atoms with Gasteiger partial charge in [-0.1, -0.05) is 42.1 Å². The Morgan fingerprint density at radius 1 is 1.06 bits per heavy atom. The number of hydrogen-bond donors (Lipinski definition) is 1. The number of carbonyl (C=O) groups is 2. The fourth-order valence-electron chi connectivity index (χ4n) is 3.73. The van der Waals surface area contributed by atoms with Crippen LogP contribution in [0.25, 0.3) is 0 Å². The van der Waals surface area contributed by atoms with E-state index in [-0.39, 0.29) is 31.0 Å². The molecule has 1 atom stereocenters. The maximum atomic E-state index is 13.2. The lowest BCUT2D eigenvalue weighted by atomic mass is 10.1. The summed E-state index contributed by atoms with van der Waals surface area (Å²) in [5.41, 5.74) is 0.592. The Morgan fingerprint density at radius 2 is 1.66 bits per heavy atom. The summed E-state index contributed by atoms with van der Waals surface area (Å²) in [4.78, 5) is 27.5. The van der Waals surface area contributed by atoms with Crippen LogP contribution in [0.5, 0.6) is 11.5 Å². The van der Waals surface area contributed by atoms with Crippen LogP contribution in [0.15, 0.2) is 42.5 Å². The molecule has 2 aromatic carbocycles. The first-order valence-corrected chi connectivity index (χ1v) is 11.4. The van der Waals surface area contributed by atoms with Crippen molar-refractivity contribution in [1.29, 1.82) is 0 Å². The van der Waals surface area contributed by atoms with Gasteiger partial charge in [-0.15, -0.1) is 0 Å². The highest BCUT2D eigenvalue weighted by atomic mass is 35.5. The van der Waals surface area contributed by atoms with E-state index in [1.165, 1.54) is 4.90 Å². The maximum absolute atomic E-state index is 13.2. The van der Waals surface area contributed by atoms with Crippen LogP contribution in [0.2, 0.25) is 10.0 Å². The van der Waals surface area contributed by atoms with Gasteiger partial charge < -0.3 is 19.7 Å². The molecular weight excluding hydrogens is 451 g/mol.